The monoisotopic (exact) mass is 194 g/mol. The van der Waals surface area contributed by atoms with Crippen molar-refractivity contribution >= 4 is 0 Å². The molecule has 2 N–H and O–H groups in total. The Bertz CT molecular complexity index is 271. The Kier molecular flexibility index (Phi) is 4.63. The lowest BCUT2D eigenvalue weighted by Gasteiger charge is -2.10. The molecule has 14 heavy (non-hydrogen) atoms. The van der Waals surface area contributed by atoms with Gasteiger partial charge in [-0.25, -0.2) is 0 Å². The van der Waals surface area contributed by atoms with E-state index in [1.165, 1.54) is 5.56 Å². The molecule has 0 radical (unpaired) electrons. The Balaban J connectivity index is 2.64. The fourth-order valence-corrected chi connectivity index (χ4v) is 1.47. The molecule has 0 bridgehead atoms. The van der Waals surface area contributed by atoms with Crippen molar-refractivity contribution in [3.05, 3.63) is 35.4 Å². The van der Waals surface area contributed by atoms with E-state index < -0.39 is 6.10 Å². The summed E-state index contributed by atoms with van der Waals surface area (Å²) in [5, 5.41) is 18.4. The van der Waals surface area contributed by atoms with Crippen LogP contribution in [0.5, 0.6) is 0 Å². The van der Waals surface area contributed by atoms with Gasteiger partial charge in [0.25, 0.3) is 0 Å². The molecule has 0 aliphatic carbocycles. The predicted molar refractivity (Wildman–Crippen MR) is 57.1 cm³/mol. The number of aryl methyl sites for hydroxylation is 1. The second kappa shape index (κ2) is 5.78. The fourth-order valence-electron chi connectivity index (χ4n) is 1.47. The lowest BCUT2D eigenvalue weighted by molar-refractivity contribution is 0.152. The molecule has 0 spiro atoms. The van der Waals surface area contributed by atoms with Gasteiger partial charge in [0.2, 0.25) is 0 Å². The van der Waals surface area contributed by atoms with E-state index in [1.807, 2.05) is 18.2 Å². The molecule has 1 atom stereocenters. The summed E-state index contributed by atoms with van der Waals surface area (Å²) in [6.07, 6.45) is 1.83. The average molecular weight is 194 g/mol. The third-order valence-corrected chi connectivity index (χ3v) is 2.38. The molecular weight excluding hydrogens is 176 g/mol. The van der Waals surface area contributed by atoms with Crippen molar-refractivity contribution in [2.24, 2.45) is 0 Å². The Morgan fingerprint density at radius 3 is 2.79 bits per heavy atom. The standard InChI is InChI=1S/C12H18O2/c1-2-10-5-3-6-11(9-10)12(14)7-4-8-13/h3,5-6,9,12-14H,2,4,7-8H2,1H3. The lowest BCUT2D eigenvalue weighted by atomic mass is 10.0. The molecule has 1 unspecified atom stereocenters. The number of hydrogen-bond acceptors (Lipinski definition) is 2. The van der Waals surface area contributed by atoms with Crippen molar-refractivity contribution in [2.75, 3.05) is 6.61 Å². The van der Waals surface area contributed by atoms with Crippen LogP contribution >= 0.6 is 0 Å². The van der Waals surface area contributed by atoms with Crippen molar-refractivity contribution in [1.82, 2.24) is 0 Å². The number of benzene rings is 1. The van der Waals surface area contributed by atoms with E-state index in [0.29, 0.717) is 12.8 Å². The van der Waals surface area contributed by atoms with Crippen LogP contribution < -0.4 is 0 Å². The van der Waals surface area contributed by atoms with Crippen LogP contribution in [-0.2, 0) is 6.42 Å². The van der Waals surface area contributed by atoms with E-state index in [2.05, 4.69) is 13.0 Å². The van der Waals surface area contributed by atoms with Crippen molar-refractivity contribution in [1.29, 1.82) is 0 Å². The van der Waals surface area contributed by atoms with Crippen molar-refractivity contribution in [3.8, 4) is 0 Å². The zero-order valence-electron chi connectivity index (χ0n) is 8.61. The fraction of sp³-hybridized carbons (Fsp3) is 0.500. The molecule has 1 aromatic rings. The van der Waals surface area contributed by atoms with Gasteiger partial charge in [0.15, 0.2) is 0 Å². The Labute approximate surface area is 85.2 Å². The minimum atomic E-state index is -0.436. The van der Waals surface area contributed by atoms with Gasteiger partial charge in [-0.3, -0.25) is 0 Å². The van der Waals surface area contributed by atoms with Crippen LogP contribution in [0.2, 0.25) is 0 Å². The van der Waals surface area contributed by atoms with E-state index in [4.69, 9.17) is 5.11 Å². The maximum atomic E-state index is 9.76. The van der Waals surface area contributed by atoms with Gasteiger partial charge in [0.1, 0.15) is 0 Å². The number of hydrogen-bond donors (Lipinski definition) is 2. The topological polar surface area (TPSA) is 40.5 Å². The van der Waals surface area contributed by atoms with Crippen molar-refractivity contribution < 1.29 is 10.2 Å². The Morgan fingerprint density at radius 2 is 2.14 bits per heavy atom. The molecule has 0 amide bonds. The summed E-state index contributed by atoms with van der Waals surface area (Å²) in [6.45, 7) is 2.24. The zero-order valence-corrected chi connectivity index (χ0v) is 8.61. The first-order valence-electron chi connectivity index (χ1n) is 5.15. The maximum absolute atomic E-state index is 9.76. The first-order chi connectivity index (χ1) is 6.77. The molecule has 1 rings (SSSR count). The van der Waals surface area contributed by atoms with Crippen LogP contribution in [0.25, 0.3) is 0 Å². The minimum Gasteiger partial charge on any atom is -0.396 e. The highest BCUT2D eigenvalue weighted by Gasteiger charge is 2.06. The molecular formula is C12H18O2. The van der Waals surface area contributed by atoms with Gasteiger partial charge in [-0.1, -0.05) is 31.2 Å². The Hall–Kier alpha value is -0.860. The summed E-state index contributed by atoms with van der Waals surface area (Å²) >= 11 is 0. The highest BCUT2D eigenvalue weighted by Crippen LogP contribution is 2.19. The van der Waals surface area contributed by atoms with E-state index in [0.717, 1.165) is 12.0 Å². The van der Waals surface area contributed by atoms with E-state index >= 15 is 0 Å². The molecule has 1 aromatic carbocycles. The van der Waals surface area contributed by atoms with Crippen LogP contribution in [0, 0.1) is 0 Å². The van der Waals surface area contributed by atoms with Gasteiger partial charge in [-0.2, -0.15) is 0 Å². The summed E-state index contributed by atoms with van der Waals surface area (Å²) < 4.78 is 0. The minimum absolute atomic E-state index is 0.143. The van der Waals surface area contributed by atoms with Gasteiger partial charge in [-0.15, -0.1) is 0 Å². The quantitative estimate of drug-likeness (QED) is 0.753. The van der Waals surface area contributed by atoms with Crippen LogP contribution in [0.1, 0.15) is 37.0 Å². The molecule has 78 valence electrons. The smallest absolute Gasteiger partial charge is 0.0791 e. The van der Waals surface area contributed by atoms with Crippen molar-refractivity contribution in [2.45, 2.75) is 32.3 Å². The summed E-state index contributed by atoms with van der Waals surface area (Å²) in [6, 6.07) is 7.99. The molecule has 0 heterocycles. The summed E-state index contributed by atoms with van der Waals surface area (Å²) in [5.41, 5.74) is 2.20. The number of aliphatic hydroxyl groups is 2. The third kappa shape index (κ3) is 3.13. The van der Waals surface area contributed by atoms with Gasteiger partial charge >= 0.3 is 0 Å². The number of aliphatic hydroxyl groups excluding tert-OH is 2. The van der Waals surface area contributed by atoms with Crippen LogP contribution in [0.15, 0.2) is 24.3 Å². The molecule has 2 heteroatoms. The van der Waals surface area contributed by atoms with E-state index in [-0.39, 0.29) is 6.61 Å². The highest BCUT2D eigenvalue weighted by molar-refractivity contribution is 5.25. The highest BCUT2D eigenvalue weighted by atomic mass is 16.3. The first-order valence-corrected chi connectivity index (χ1v) is 5.15. The molecule has 0 saturated heterocycles. The van der Waals surface area contributed by atoms with E-state index in [1.54, 1.807) is 0 Å². The maximum Gasteiger partial charge on any atom is 0.0791 e. The summed E-state index contributed by atoms with van der Waals surface area (Å²) in [5.74, 6) is 0. The largest absolute Gasteiger partial charge is 0.396 e. The number of rotatable bonds is 5. The third-order valence-electron chi connectivity index (χ3n) is 2.38. The predicted octanol–water partition coefficient (Wildman–Crippen LogP) is 2.05. The average Bonchev–Trinajstić information content (AvgIpc) is 2.26. The van der Waals surface area contributed by atoms with Gasteiger partial charge in [0, 0.05) is 6.61 Å². The molecule has 2 nitrogen and oxygen atoms in total. The van der Waals surface area contributed by atoms with Crippen LogP contribution in [0.3, 0.4) is 0 Å². The first kappa shape index (κ1) is 11.2. The summed E-state index contributed by atoms with van der Waals surface area (Å²) in [4.78, 5) is 0. The lowest BCUT2D eigenvalue weighted by Crippen LogP contribution is -1.99. The molecule has 0 aromatic heterocycles. The Morgan fingerprint density at radius 1 is 1.36 bits per heavy atom. The van der Waals surface area contributed by atoms with Gasteiger partial charge < -0.3 is 10.2 Å². The van der Waals surface area contributed by atoms with Gasteiger partial charge in [0.05, 0.1) is 6.10 Å². The molecule has 0 aliphatic heterocycles. The second-order valence-corrected chi connectivity index (χ2v) is 3.48. The summed E-state index contributed by atoms with van der Waals surface area (Å²) in [7, 11) is 0. The molecule has 0 saturated carbocycles. The molecule has 0 fully saturated rings. The van der Waals surface area contributed by atoms with Gasteiger partial charge in [-0.05, 0) is 30.4 Å². The SMILES string of the molecule is CCc1cccc(C(O)CCCO)c1. The normalized spacial score (nSPS) is 12.8. The molecule has 0 aliphatic rings. The van der Waals surface area contributed by atoms with Crippen molar-refractivity contribution in [3.63, 3.8) is 0 Å². The second-order valence-electron chi connectivity index (χ2n) is 3.48. The zero-order chi connectivity index (χ0) is 10.4. The van der Waals surface area contributed by atoms with E-state index in [9.17, 15) is 5.11 Å². The van der Waals surface area contributed by atoms with Crippen LogP contribution in [0.4, 0.5) is 0 Å². The van der Waals surface area contributed by atoms with Crippen LogP contribution in [-0.4, -0.2) is 16.8 Å².